The van der Waals surface area contributed by atoms with Crippen LogP contribution >= 0.6 is 0 Å². The number of hydrogen-bond donors (Lipinski definition) is 1. The van der Waals surface area contributed by atoms with E-state index in [1.54, 1.807) is 4.68 Å². The molecule has 0 saturated carbocycles. The van der Waals surface area contributed by atoms with E-state index in [-0.39, 0.29) is 6.04 Å². The van der Waals surface area contributed by atoms with E-state index in [1.165, 1.54) is 0 Å². The lowest BCUT2D eigenvalue weighted by atomic mass is 10.1. The molecule has 2 N–H and O–H groups in total. The van der Waals surface area contributed by atoms with Crippen LogP contribution < -0.4 is 5.73 Å². The molecule has 4 nitrogen and oxygen atoms in total. The lowest BCUT2D eigenvalue weighted by Gasteiger charge is -2.13. The summed E-state index contributed by atoms with van der Waals surface area (Å²) in [4.78, 5) is 2.13. The Bertz CT molecular complexity index is 254. The van der Waals surface area contributed by atoms with Gasteiger partial charge in [-0.1, -0.05) is 0 Å². The fraction of sp³-hybridized carbons (Fsp3) is 0.667. The minimum absolute atomic E-state index is 0.0589. The Kier molecular flexibility index (Phi) is 3.45. The quantitative estimate of drug-likeness (QED) is 0.732. The van der Waals surface area contributed by atoms with Gasteiger partial charge in [-0.05, 0) is 33.1 Å². The molecule has 1 unspecified atom stereocenters. The molecule has 0 spiro atoms. The van der Waals surface area contributed by atoms with Gasteiger partial charge in [0.2, 0.25) is 0 Å². The molecule has 0 aliphatic carbocycles. The van der Waals surface area contributed by atoms with Crippen LogP contribution in [0.3, 0.4) is 0 Å². The summed E-state index contributed by atoms with van der Waals surface area (Å²) in [5, 5.41) is 4.26. The fourth-order valence-corrected chi connectivity index (χ4v) is 1.18. The first-order valence-electron chi connectivity index (χ1n) is 4.49. The first kappa shape index (κ1) is 10.2. The first-order chi connectivity index (χ1) is 6.09. The van der Waals surface area contributed by atoms with E-state index < -0.39 is 0 Å². The third-order valence-electron chi connectivity index (χ3n) is 2.00. The van der Waals surface area contributed by atoms with Crippen molar-refractivity contribution in [3.63, 3.8) is 0 Å². The molecule has 0 aliphatic rings. The van der Waals surface area contributed by atoms with Gasteiger partial charge in [-0.15, -0.1) is 0 Å². The molecule has 0 bridgehead atoms. The summed E-state index contributed by atoms with van der Waals surface area (Å²) in [7, 11) is 6.00. The van der Waals surface area contributed by atoms with Crippen molar-refractivity contribution in [2.75, 3.05) is 20.6 Å². The van der Waals surface area contributed by atoms with E-state index in [9.17, 15) is 0 Å². The second-order valence-electron chi connectivity index (χ2n) is 3.61. The first-order valence-corrected chi connectivity index (χ1v) is 4.49. The van der Waals surface area contributed by atoms with Gasteiger partial charge in [0.15, 0.2) is 0 Å². The van der Waals surface area contributed by atoms with E-state index in [1.807, 2.05) is 33.4 Å². The van der Waals surface area contributed by atoms with E-state index in [2.05, 4.69) is 10.00 Å². The fourth-order valence-electron chi connectivity index (χ4n) is 1.18. The lowest BCUT2D eigenvalue weighted by Crippen LogP contribution is -2.20. The summed E-state index contributed by atoms with van der Waals surface area (Å²) in [6, 6.07) is 2.03. The highest BCUT2D eigenvalue weighted by atomic mass is 15.3. The highest BCUT2D eigenvalue weighted by molar-refractivity contribution is 5.04. The zero-order valence-corrected chi connectivity index (χ0v) is 8.57. The Morgan fingerprint density at radius 2 is 2.31 bits per heavy atom. The van der Waals surface area contributed by atoms with E-state index >= 15 is 0 Å². The Hall–Kier alpha value is -0.870. The van der Waals surface area contributed by atoms with Gasteiger partial charge >= 0.3 is 0 Å². The molecular formula is C9H18N4. The zero-order valence-electron chi connectivity index (χ0n) is 8.57. The molecular weight excluding hydrogens is 164 g/mol. The predicted molar refractivity (Wildman–Crippen MR) is 53.3 cm³/mol. The molecule has 0 radical (unpaired) electrons. The van der Waals surface area contributed by atoms with Gasteiger partial charge in [0, 0.05) is 13.2 Å². The topological polar surface area (TPSA) is 47.1 Å². The number of aromatic nitrogens is 2. The maximum atomic E-state index is 5.95. The average molecular weight is 182 g/mol. The minimum atomic E-state index is 0.0589. The second-order valence-corrected chi connectivity index (χ2v) is 3.61. The van der Waals surface area contributed by atoms with E-state index in [0.29, 0.717) is 0 Å². The summed E-state index contributed by atoms with van der Waals surface area (Å²) in [5.74, 6) is 0. The highest BCUT2D eigenvalue weighted by Gasteiger charge is 2.08. The molecule has 13 heavy (non-hydrogen) atoms. The van der Waals surface area contributed by atoms with Crippen molar-refractivity contribution in [3.05, 3.63) is 18.0 Å². The predicted octanol–water partition coefficient (Wildman–Crippen LogP) is 0.372. The van der Waals surface area contributed by atoms with Crippen molar-refractivity contribution in [1.29, 1.82) is 0 Å². The van der Waals surface area contributed by atoms with E-state index in [4.69, 9.17) is 5.73 Å². The van der Waals surface area contributed by atoms with Crippen molar-refractivity contribution in [2.24, 2.45) is 12.8 Å². The molecule has 0 saturated heterocycles. The summed E-state index contributed by atoms with van der Waals surface area (Å²) < 4.78 is 1.78. The van der Waals surface area contributed by atoms with Gasteiger partial charge in [-0.3, -0.25) is 4.68 Å². The number of aryl methyl sites for hydroxylation is 1. The van der Waals surface area contributed by atoms with Crippen molar-refractivity contribution in [2.45, 2.75) is 12.5 Å². The van der Waals surface area contributed by atoms with Crippen LogP contribution in [-0.2, 0) is 7.05 Å². The van der Waals surface area contributed by atoms with Crippen LogP contribution in [0.25, 0.3) is 0 Å². The number of nitrogens with zero attached hydrogens (tertiary/aromatic N) is 3. The average Bonchev–Trinajstić information content (AvgIpc) is 2.47. The SMILES string of the molecule is CN(C)CCC(N)c1ccn(C)n1. The van der Waals surface area contributed by atoms with Crippen molar-refractivity contribution in [1.82, 2.24) is 14.7 Å². The second kappa shape index (κ2) is 4.39. The summed E-state index contributed by atoms with van der Waals surface area (Å²) in [6.07, 6.45) is 2.87. The monoisotopic (exact) mass is 182 g/mol. The minimum Gasteiger partial charge on any atom is -0.323 e. The highest BCUT2D eigenvalue weighted by Crippen LogP contribution is 2.10. The van der Waals surface area contributed by atoms with Crippen molar-refractivity contribution < 1.29 is 0 Å². The van der Waals surface area contributed by atoms with Gasteiger partial charge in [0.05, 0.1) is 11.7 Å². The molecule has 1 rings (SSSR count). The molecule has 0 fully saturated rings. The maximum absolute atomic E-state index is 5.95. The van der Waals surface area contributed by atoms with Crippen LogP contribution in [0.4, 0.5) is 0 Å². The normalized spacial score (nSPS) is 13.6. The van der Waals surface area contributed by atoms with Crippen LogP contribution in [0.15, 0.2) is 12.3 Å². The van der Waals surface area contributed by atoms with Crippen LogP contribution in [0.2, 0.25) is 0 Å². The summed E-state index contributed by atoms with van der Waals surface area (Å²) in [5.41, 5.74) is 6.93. The Labute approximate surface area is 79.3 Å². The Morgan fingerprint density at radius 3 is 2.77 bits per heavy atom. The molecule has 1 aromatic heterocycles. The van der Waals surface area contributed by atoms with Crippen LogP contribution in [0, 0.1) is 0 Å². The largest absolute Gasteiger partial charge is 0.323 e. The third kappa shape index (κ3) is 3.16. The van der Waals surface area contributed by atoms with Crippen LogP contribution in [-0.4, -0.2) is 35.3 Å². The molecule has 4 heteroatoms. The summed E-state index contributed by atoms with van der Waals surface area (Å²) >= 11 is 0. The smallest absolute Gasteiger partial charge is 0.0792 e. The van der Waals surface area contributed by atoms with E-state index in [0.717, 1.165) is 18.7 Å². The molecule has 74 valence electrons. The molecule has 1 atom stereocenters. The Morgan fingerprint density at radius 1 is 1.62 bits per heavy atom. The van der Waals surface area contributed by atoms with Gasteiger partial charge in [-0.2, -0.15) is 5.10 Å². The Balaban J connectivity index is 2.44. The number of nitrogens with two attached hydrogens (primary N) is 1. The molecule has 0 aromatic carbocycles. The molecule has 0 amide bonds. The molecule has 1 heterocycles. The summed E-state index contributed by atoms with van der Waals surface area (Å²) in [6.45, 7) is 0.998. The van der Waals surface area contributed by atoms with Crippen molar-refractivity contribution >= 4 is 0 Å². The molecule has 0 aliphatic heterocycles. The molecule has 1 aromatic rings. The standard InChI is InChI=1S/C9H18N4/c1-12(2)6-4-8(10)9-5-7-13(3)11-9/h5,7-8H,4,6,10H2,1-3H3. The number of rotatable bonds is 4. The van der Waals surface area contributed by atoms with Crippen molar-refractivity contribution in [3.8, 4) is 0 Å². The zero-order chi connectivity index (χ0) is 9.84. The van der Waals surface area contributed by atoms with Gasteiger partial charge in [0.25, 0.3) is 0 Å². The van der Waals surface area contributed by atoms with Gasteiger partial charge in [0.1, 0.15) is 0 Å². The lowest BCUT2D eigenvalue weighted by molar-refractivity contribution is 0.380. The van der Waals surface area contributed by atoms with Crippen LogP contribution in [0.1, 0.15) is 18.2 Å². The van der Waals surface area contributed by atoms with Gasteiger partial charge < -0.3 is 10.6 Å². The maximum Gasteiger partial charge on any atom is 0.0792 e. The number of hydrogen-bond acceptors (Lipinski definition) is 3. The van der Waals surface area contributed by atoms with Gasteiger partial charge in [-0.25, -0.2) is 0 Å². The third-order valence-corrected chi connectivity index (χ3v) is 2.00. The van der Waals surface area contributed by atoms with Crippen LogP contribution in [0.5, 0.6) is 0 Å².